The molecule has 0 bridgehead atoms. The van der Waals surface area contributed by atoms with Gasteiger partial charge in [-0.05, 0) is 72.6 Å². The van der Waals surface area contributed by atoms with Gasteiger partial charge in [0.2, 0.25) is 0 Å². The molecule has 1 N–H and O–H groups in total. The van der Waals surface area contributed by atoms with E-state index in [0.717, 1.165) is 10.9 Å². The minimum Gasteiger partial charge on any atom is -0.493 e. The van der Waals surface area contributed by atoms with Gasteiger partial charge in [0.1, 0.15) is 11.6 Å². The normalized spacial score (nSPS) is 12.0. The van der Waals surface area contributed by atoms with Crippen molar-refractivity contribution in [2.75, 3.05) is 19.0 Å². The number of anilines is 1. The summed E-state index contributed by atoms with van der Waals surface area (Å²) in [5, 5.41) is 7.57. The van der Waals surface area contributed by atoms with Gasteiger partial charge in [-0.1, -0.05) is 29.8 Å². The second-order valence-corrected chi connectivity index (χ2v) is 9.47. The van der Waals surface area contributed by atoms with Crippen molar-refractivity contribution in [1.82, 2.24) is 9.66 Å². The standard InChI is InChI=1S/C28H26BrFN4O4/c1-4-17(2)27-33-23-11-6-19(29)14-22(23)28(36)34(27)31-15-18-5-12-24(25(13-18)37-3)38-16-26(35)32-21-9-7-20(30)8-10-21/h5-15,17H,4,16H2,1-3H3,(H,32,35)/t17-/m1/s1. The third-order valence-electron chi connectivity index (χ3n) is 5.88. The van der Waals surface area contributed by atoms with E-state index >= 15 is 0 Å². The summed E-state index contributed by atoms with van der Waals surface area (Å²) in [6.45, 7) is 3.76. The van der Waals surface area contributed by atoms with Gasteiger partial charge in [0, 0.05) is 16.1 Å². The Balaban J connectivity index is 1.55. The van der Waals surface area contributed by atoms with Crippen LogP contribution in [0.2, 0.25) is 0 Å². The Morgan fingerprint density at radius 2 is 1.92 bits per heavy atom. The largest absolute Gasteiger partial charge is 0.493 e. The van der Waals surface area contributed by atoms with Crippen molar-refractivity contribution >= 4 is 44.6 Å². The Kier molecular flexibility index (Phi) is 8.52. The second-order valence-electron chi connectivity index (χ2n) is 8.56. The molecule has 4 aromatic rings. The molecule has 1 atom stereocenters. The maximum Gasteiger partial charge on any atom is 0.282 e. The molecule has 4 rings (SSSR count). The lowest BCUT2D eigenvalue weighted by atomic mass is 10.1. The minimum atomic E-state index is -0.406. The van der Waals surface area contributed by atoms with Crippen molar-refractivity contribution in [2.24, 2.45) is 5.10 Å². The van der Waals surface area contributed by atoms with Crippen molar-refractivity contribution in [3.05, 3.63) is 92.7 Å². The molecule has 0 aliphatic rings. The van der Waals surface area contributed by atoms with E-state index in [1.54, 1.807) is 30.5 Å². The summed E-state index contributed by atoms with van der Waals surface area (Å²) < 4.78 is 26.2. The van der Waals surface area contributed by atoms with E-state index in [2.05, 4.69) is 26.3 Å². The lowest BCUT2D eigenvalue weighted by Crippen LogP contribution is -2.23. The van der Waals surface area contributed by atoms with Crippen molar-refractivity contribution in [3.63, 3.8) is 0 Å². The van der Waals surface area contributed by atoms with E-state index in [1.807, 2.05) is 26.0 Å². The molecule has 0 radical (unpaired) electrons. The molecule has 1 aromatic heterocycles. The van der Waals surface area contributed by atoms with Crippen LogP contribution in [0.3, 0.4) is 0 Å². The van der Waals surface area contributed by atoms with E-state index in [9.17, 15) is 14.0 Å². The van der Waals surface area contributed by atoms with Crippen molar-refractivity contribution in [2.45, 2.75) is 26.2 Å². The maximum absolute atomic E-state index is 13.3. The first-order valence-electron chi connectivity index (χ1n) is 11.9. The number of methoxy groups -OCH3 is 1. The molecule has 0 fully saturated rings. The Labute approximate surface area is 227 Å². The van der Waals surface area contributed by atoms with Gasteiger partial charge in [-0.3, -0.25) is 9.59 Å². The Morgan fingerprint density at radius 3 is 2.63 bits per heavy atom. The van der Waals surface area contributed by atoms with Crippen LogP contribution in [-0.4, -0.2) is 35.5 Å². The molecule has 1 amide bonds. The van der Waals surface area contributed by atoms with Crippen LogP contribution < -0.4 is 20.3 Å². The number of hydrogen-bond donors (Lipinski definition) is 1. The fraction of sp³-hybridized carbons (Fsp3) is 0.214. The third kappa shape index (κ3) is 6.25. The van der Waals surface area contributed by atoms with Crippen LogP contribution in [0, 0.1) is 5.82 Å². The van der Waals surface area contributed by atoms with E-state index in [-0.39, 0.29) is 18.1 Å². The first-order valence-corrected chi connectivity index (χ1v) is 12.7. The third-order valence-corrected chi connectivity index (χ3v) is 6.38. The highest BCUT2D eigenvalue weighted by molar-refractivity contribution is 9.10. The fourth-order valence-electron chi connectivity index (χ4n) is 3.66. The van der Waals surface area contributed by atoms with Gasteiger partial charge in [-0.2, -0.15) is 9.78 Å². The number of hydrogen-bond acceptors (Lipinski definition) is 6. The summed E-state index contributed by atoms with van der Waals surface area (Å²) in [6.07, 6.45) is 2.34. The van der Waals surface area contributed by atoms with Gasteiger partial charge < -0.3 is 14.8 Å². The number of rotatable bonds is 9. The Bertz CT molecular complexity index is 1550. The quantitative estimate of drug-likeness (QED) is 0.255. The van der Waals surface area contributed by atoms with E-state index in [1.165, 1.54) is 36.1 Å². The predicted molar refractivity (Wildman–Crippen MR) is 149 cm³/mol. The topological polar surface area (TPSA) is 94.8 Å². The molecule has 3 aromatic carbocycles. The summed E-state index contributed by atoms with van der Waals surface area (Å²) in [6, 6.07) is 15.9. The average Bonchev–Trinajstić information content (AvgIpc) is 2.92. The number of halogens is 2. The van der Waals surface area contributed by atoms with Crippen molar-refractivity contribution < 1.29 is 18.7 Å². The highest BCUT2D eigenvalue weighted by Gasteiger charge is 2.16. The van der Waals surface area contributed by atoms with Gasteiger partial charge >= 0.3 is 0 Å². The van der Waals surface area contributed by atoms with Crippen molar-refractivity contribution in [3.8, 4) is 11.5 Å². The SMILES string of the molecule is CC[C@@H](C)c1nc2ccc(Br)cc2c(=O)n1N=Cc1ccc(OCC(=O)Nc2ccc(F)cc2)c(OC)c1. The number of nitrogens with zero attached hydrogens (tertiary/aromatic N) is 3. The number of fused-ring (bicyclic) bond motifs is 1. The minimum absolute atomic E-state index is 0.0132. The molecule has 0 spiro atoms. The summed E-state index contributed by atoms with van der Waals surface area (Å²) in [5.74, 6) is 0.532. The molecular formula is C28H26BrFN4O4. The summed E-state index contributed by atoms with van der Waals surface area (Å²) in [4.78, 5) is 30.2. The second kappa shape index (κ2) is 12.0. The zero-order chi connectivity index (χ0) is 27.2. The first kappa shape index (κ1) is 27.0. The fourth-order valence-corrected chi connectivity index (χ4v) is 4.02. The van der Waals surface area contributed by atoms with Crippen LogP contribution >= 0.6 is 15.9 Å². The monoisotopic (exact) mass is 580 g/mol. The van der Waals surface area contributed by atoms with Crippen LogP contribution in [0.15, 0.2) is 75.0 Å². The van der Waals surface area contributed by atoms with Crippen LogP contribution in [0.1, 0.15) is 37.6 Å². The number of aromatic nitrogens is 2. The molecule has 1 heterocycles. The predicted octanol–water partition coefficient (Wildman–Crippen LogP) is 5.72. The van der Waals surface area contributed by atoms with Crippen LogP contribution in [-0.2, 0) is 4.79 Å². The van der Waals surface area contributed by atoms with Gasteiger partial charge in [-0.15, -0.1) is 0 Å². The highest BCUT2D eigenvalue weighted by Crippen LogP contribution is 2.28. The summed E-state index contributed by atoms with van der Waals surface area (Å²) in [5.41, 5.74) is 1.47. The number of carbonyl (C=O) groups is 1. The van der Waals surface area contributed by atoms with Crippen LogP contribution in [0.25, 0.3) is 10.9 Å². The van der Waals surface area contributed by atoms with E-state index in [0.29, 0.717) is 39.5 Å². The van der Waals surface area contributed by atoms with E-state index in [4.69, 9.17) is 14.5 Å². The molecular weight excluding hydrogens is 555 g/mol. The van der Waals surface area contributed by atoms with Crippen molar-refractivity contribution in [1.29, 1.82) is 0 Å². The van der Waals surface area contributed by atoms with Gasteiger partial charge in [0.25, 0.3) is 11.5 Å². The Hall–Kier alpha value is -4.05. The molecule has 0 aliphatic carbocycles. The summed E-state index contributed by atoms with van der Waals surface area (Å²) in [7, 11) is 1.48. The molecule has 196 valence electrons. The number of ether oxygens (including phenoxy) is 2. The zero-order valence-electron chi connectivity index (χ0n) is 21.1. The Morgan fingerprint density at radius 1 is 1.16 bits per heavy atom. The summed E-state index contributed by atoms with van der Waals surface area (Å²) >= 11 is 3.41. The van der Waals surface area contributed by atoms with Crippen LogP contribution in [0.4, 0.5) is 10.1 Å². The number of benzene rings is 3. The molecule has 0 saturated carbocycles. The number of nitrogens with one attached hydrogen (secondary N) is 1. The van der Waals surface area contributed by atoms with Gasteiger partial charge in [0.05, 0.1) is 24.2 Å². The van der Waals surface area contributed by atoms with Gasteiger partial charge in [-0.25, -0.2) is 9.37 Å². The number of amides is 1. The lowest BCUT2D eigenvalue weighted by molar-refractivity contribution is -0.118. The molecule has 10 heteroatoms. The molecule has 8 nitrogen and oxygen atoms in total. The maximum atomic E-state index is 13.3. The zero-order valence-corrected chi connectivity index (χ0v) is 22.7. The number of carbonyl (C=O) groups excluding carboxylic acids is 1. The first-order chi connectivity index (χ1) is 18.3. The highest BCUT2D eigenvalue weighted by atomic mass is 79.9. The van der Waals surface area contributed by atoms with Gasteiger partial charge in [0.15, 0.2) is 18.1 Å². The van der Waals surface area contributed by atoms with E-state index < -0.39 is 11.7 Å². The molecule has 38 heavy (non-hydrogen) atoms. The average molecular weight is 581 g/mol. The molecule has 0 unspecified atom stereocenters. The molecule has 0 saturated heterocycles. The smallest absolute Gasteiger partial charge is 0.282 e. The van der Waals surface area contributed by atoms with Crippen LogP contribution in [0.5, 0.6) is 11.5 Å². The molecule has 0 aliphatic heterocycles. The lowest BCUT2D eigenvalue weighted by Gasteiger charge is -2.14.